The third-order valence-corrected chi connectivity index (χ3v) is 7.25. The summed E-state index contributed by atoms with van der Waals surface area (Å²) in [4.78, 5) is 29.1. The van der Waals surface area contributed by atoms with Crippen LogP contribution in [0.3, 0.4) is 0 Å². The Bertz CT molecular complexity index is 1480. The van der Waals surface area contributed by atoms with Gasteiger partial charge in [-0.05, 0) is 30.7 Å². The van der Waals surface area contributed by atoms with Crippen molar-refractivity contribution in [3.8, 4) is 27.8 Å². The number of fused-ring (bicyclic) bond motifs is 1. The maximum absolute atomic E-state index is 12.8. The van der Waals surface area contributed by atoms with Gasteiger partial charge in [-0.3, -0.25) is 5.32 Å². The molecule has 2 saturated heterocycles. The molecule has 2 aromatic heterocycles. The van der Waals surface area contributed by atoms with Crippen LogP contribution in [0, 0.1) is 23.7 Å². The molecule has 2 aliphatic heterocycles. The lowest BCUT2D eigenvalue weighted by molar-refractivity contribution is -0.174. The van der Waals surface area contributed by atoms with Crippen molar-refractivity contribution in [3.63, 3.8) is 0 Å². The second-order valence-corrected chi connectivity index (χ2v) is 9.86. The van der Waals surface area contributed by atoms with Gasteiger partial charge in [-0.25, -0.2) is 19.7 Å². The number of anilines is 1. The summed E-state index contributed by atoms with van der Waals surface area (Å²) in [6, 6.07) is 15.4. The lowest BCUT2D eigenvalue weighted by atomic mass is 9.78. The number of nitrogens with one attached hydrogen (secondary N) is 1. The Hall–Kier alpha value is -3.87. The van der Waals surface area contributed by atoms with Crippen molar-refractivity contribution < 1.29 is 9.53 Å². The summed E-state index contributed by atoms with van der Waals surface area (Å²) >= 11 is 1.41. The molecule has 0 radical (unpaired) electrons. The number of ether oxygens (including phenoxy) is 1. The van der Waals surface area contributed by atoms with Crippen LogP contribution in [-0.2, 0) is 4.74 Å². The zero-order valence-corrected chi connectivity index (χ0v) is 19.2. The van der Waals surface area contributed by atoms with Gasteiger partial charge in [-0.1, -0.05) is 35.6 Å². The van der Waals surface area contributed by atoms with Crippen molar-refractivity contribution in [2.75, 3.05) is 31.6 Å². The third-order valence-electron chi connectivity index (χ3n) is 6.23. The van der Waals surface area contributed by atoms with Gasteiger partial charge in [0.15, 0.2) is 5.13 Å². The molecule has 4 heterocycles. The lowest BCUT2D eigenvalue weighted by Gasteiger charge is -2.54. The van der Waals surface area contributed by atoms with E-state index in [1.54, 1.807) is 11.0 Å². The van der Waals surface area contributed by atoms with E-state index < -0.39 is 0 Å². The summed E-state index contributed by atoms with van der Waals surface area (Å²) in [6.07, 6.45) is 1.81. The van der Waals surface area contributed by atoms with Gasteiger partial charge in [-0.15, -0.1) is 0 Å². The molecule has 2 aromatic carbocycles. The monoisotopic (exact) mass is 468 g/mol. The van der Waals surface area contributed by atoms with E-state index in [1.165, 1.54) is 11.3 Å². The Kier molecular flexibility index (Phi) is 4.79. The smallest absolute Gasteiger partial charge is 0.323 e. The molecule has 1 spiro atoms. The molecule has 2 amide bonds. The summed E-state index contributed by atoms with van der Waals surface area (Å²) in [5.74, 6) is 0.702. The van der Waals surface area contributed by atoms with E-state index >= 15 is 0 Å². The highest BCUT2D eigenvalue weighted by Crippen LogP contribution is 2.41. The van der Waals surface area contributed by atoms with Crippen LogP contribution < -0.4 is 5.32 Å². The van der Waals surface area contributed by atoms with Gasteiger partial charge in [0, 0.05) is 30.2 Å². The number of carbonyl (C=O) groups excluding carboxylic acids is 1. The molecule has 8 nitrogen and oxygen atoms in total. The number of likely N-dealkylation sites (tertiary alicyclic amines) is 1. The minimum Gasteiger partial charge on any atom is -0.380 e. The molecule has 6 rings (SSSR count). The summed E-state index contributed by atoms with van der Waals surface area (Å²) in [5.41, 5.74) is 4.02. The number of carbonyl (C=O) groups is 1. The number of amides is 2. The van der Waals surface area contributed by atoms with Gasteiger partial charge in [0.2, 0.25) is 0 Å². The van der Waals surface area contributed by atoms with Crippen LogP contribution in [-0.4, -0.2) is 52.2 Å². The van der Waals surface area contributed by atoms with Gasteiger partial charge in [-0.2, -0.15) is 5.26 Å². The fourth-order valence-electron chi connectivity index (χ4n) is 4.41. The molecule has 0 aliphatic carbocycles. The SMILES string of the molecule is Cc1ncc2ccc(-c3sc(NC(=O)N4CC5(COC5)C4)nc3-c3cccc(C#N)c3)cc2n1. The van der Waals surface area contributed by atoms with Crippen LogP contribution in [0.25, 0.3) is 32.6 Å². The maximum Gasteiger partial charge on any atom is 0.323 e. The molecule has 4 aromatic rings. The van der Waals surface area contributed by atoms with Gasteiger partial charge >= 0.3 is 6.03 Å². The highest BCUT2D eigenvalue weighted by Gasteiger charge is 2.50. The number of nitriles is 1. The maximum atomic E-state index is 12.8. The lowest BCUT2D eigenvalue weighted by Crippen LogP contribution is -2.67. The average molecular weight is 469 g/mol. The first-order chi connectivity index (χ1) is 16.5. The van der Waals surface area contributed by atoms with E-state index in [0.29, 0.717) is 29.6 Å². The summed E-state index contributed by atoms with van der Waals surface area (Å²) in [7, 11) is 0. The molecule has 9 heteroatoms. The number of nitrogens with zero attached hydrogens (tertiary/aromatic N) is 5. The van der Waals surface area contributed by atoms with Crippen molar-refractivity contribution in [2.24, 2.45) is 5.41 Å². The molecule has 2 fully saturated rings. The molecular weight excluding hydrogens is 448 g/mol. The number of hydrogen-bond acceptors (Lipinski definition) is 7. The molecule has 2 aliphatic rings. The van der Waals surface area contributed by atoms with Crippen molar-refractivity contribution >= 4 is 33.4 Å². The first kappa shape index (κ1) is 20.7. The number of thiazole rings is 1. The number of benzene rings is 2. The van der Waals surface area contributed by atoms with Gasteiger partial charge in [0.05, 0.1) is 46.3 Å². The normalized spacial score (nSPS) is 16.1. The number of urea groups is 1. The number of aryl methyl sites for hydroxylation is 1. The van der Waals surface area contributed by atoms with Gasteiger partial charge < -0.3 is 9.64 Å². The molecule has 0 atom stereocenters. The fraction of sp³-hybridized carbons (Fsp3) is 0.240. The third kappa shape index (κ3) is 3.57. The van der Waals surface area contributed by atoms with Crippen molar-refractivity contribution in [3.05, 3.63) is 60.0 Å². The van der Waals surface area contributed by atoms with Crippen LogP contribution >= 0.6 is 11.3 Å². The average Bonchev–Trinajstić information content (AvgIpc) is 3.20. The zero-order chi connectivity index (χ0) is 23.3. The highest BCUT2D eigenvalue weighted by atomic mass is 32.1. The van der Waals surface area contributed by atoms with E-state index in [0.717, 1.165) is 45.8 Å². The van der Waals surface area contributed by atoms with E-state index in [2.05, 4.69) is 21.4 Å². The molecule has 168 valence electrons. The molecule has 0 unspecified atom stereocenters. The van der Waals surface area contributed by atoms with Crippen molar-refractivity contribution in [1.29, 1.82) is 5.26 Å². The first-order valence-corrected chi connectivity index (χ1v) is 11.7. The molecule has 34 heavy (non-hydrogen) atoms. The minimum atomic E-state index is -0.156. The fourth-order valence-corrected chi connectivity index (χ4v) is 5.38. The molecular formula is C25H20N6O2S. The minimum absolute atomic E-state index is 0.152. The highest BCUT2D eigenvalue weighted by molar-refractivity contribution is 7.19. The number of aromatic nitrogens is 3. The molecule has 1 N–H and O–H groups in total. The zero-order valence-electron chi connectivity index (χ0n) is 18.4. The second kappa shape index (κ2) is 7.87. The van der Waals surface area contributed by atoms with Crippen molar-refractivity contribution in [1.82, 2.24) is 19.9 Å². The van der Waals surface area contributed by atoms with Crippen LogP contribution in [0.4, 0.5) is 9.93 Å². The second-order valence-electron chi connectivity index (χ2n) is 8.86. The first-order valence-electron chi connectivity index (χ1n) is 10.9. The Balaban J connectivity index is 1.37. The van der Waals surface area contributed by atoms with E-state index in [9.17, 15) is 10.1 Å². The van der Waals surface area contributed by atoms with E-state index in [4.69, 9.17) is 9.72 Å². The summed E-state index contributed by atoms with van der Waals surface area (Å²) < 4.78 is 5.30. The van der Waals surface area contributed by atoms with Crippen LogP contribution in [0.2, 0.25) is 0 Å². The summed E-state index contributed by atoms with van der Waals surface area (Å²) in [6.45, 7) is 4.72. The van der Waals surface area contributed by atoms with Crippen molar-refractivity contribution in [2.45, 2.75) is 6.92 Å². The topological polar surface area (TPSA) is 104 Å². The predicted molar refractivity (Wildman–Crippen MR) is 129 cm³/mol. The Morgan fingerprint density at radius 1 is 1.18 bits per heavy atom. The Labute approximate surface area is 199 Å². The standard InChI is InChI=1S/C25H20N6O2S/c1-15-27-10-19-6-5-18(8-20(19)28-15)22-21(17-4-2-3-16(7-17)9-26)29-23(34-22)30-24(32)31-11-25(12-31)13-33-14-25/h2-8,10H,11-14H2,1H3,(H,29,30,32). The predicted octanol–water partition coefficient (Wildman–Crippen LogP) is 4.46. The van der Waals surface area contributed by atoms with Crippen LogP contribution in [0.15, 0.2) is 48.7 Å². The quantitative estimate of drug-likeness (QED) is 0.476. The number of rotatable bonds is 3. The van der Waals surface area contributed by atoms with Gasteiger partial charge in [0.1, 0.15) is 5.82 Å². The van der Waals surface area contributed by atoms with Crippen LogP contribution in [0.5, 0.6) is 0 Å². The van der Waals surface area contributed by atoms with E-state index in [-0.39, 0.29) is 11.4 Å². The Morgan fingerprint density at radius 2 is 2.03 bits per heavy atom. The van der Waals surface area contributed by atoms with E-state index in [1.807, 2.05) is 49.5 Å². The summed E-state index contributed by atoms with van der Waals surface area (Å²) in [5, 5.41) is 13.8. The number of hydrogen-bond donors (Lipinski definition) is 1. The van der Waals surface area contributed by atoms with Gasteiger partial charge in [0.25, 0.3) is 0 Å². The molecule has 0 bridgehead atoms. The molecule has 0 saturated carbocycles. The Morgan fingerprint density at radius 3 is 2.79 bits per heavy atom. The largest absolute Gasteiger partial charge is 0.380 e. The van der Waals surface area contributed by atoms with Crippen LogP contribution in [0.1, 0.15) is 11.4 Å².